The van der Waals surface area contributed by atoms with Crippen LogP contribution in [0, 0.1) is 10.1 Å². The Kier molecular flexibility index (Phi) is 5.35. The summed E-state index contributed by atoms with van der Waals surface area (Å²) in [4.78, 5) is 27.3. The summed E-state index contributed by atoms with van der Waals surface area (Å²) in [7, 11) is 0. The van der Waals surface area contributed by atoms with Crippen LogP contribution in [0.3, 0.4) is 0 Å². The molecular weight excluding hydrogens is 320 g/mol. The molecule has 1 aromatic carbocycles. The predicted molar refractivity (Wildman–Crippen MR) is 94.8 cm³/mol. The molecule has 7 heteroatoms. The molecular formula is C18H20N4O3. The van der Waals surface area contributed by atoms with Crippen molar-refractivity contribution in [2.45, 2.75) is 25.4 Å². The number of carbonyl (C=O) groups is 1. The zero-order valence-electron chi connectivity index (χ0n) is 13.8. The fourth-order valence-electron chi connectivity index (χ4n) is 2.96. The molecule has 2 aromatic rings. The van der Waals surface area contributed by atoms with Gasteiger partial charge < -0.3 is 10.2 Å². The normalized spacial score (nSPS) is 15.1. The van der Waals surface area contributed by atoms with Crippen molar-refractivity contribution in [2.24, 2.45) is 0 Å². The second-order valence-electron chi connectivity index (χ2n) is 6.13. The van der Waals surface area contributed by atoms with Gasteiger partial charge in [0.2, 0.25) is 0 Å². The molecule has 0 atom stereocenters. The molecule has 0 bridgehead atoms. The van der Waals surface area contributed by atoms with E-state index >= 15 is 0 Å². The van der Waals surface area contributed by atoms with Crippen molar-refractivity contribution in [3.63, 3.8) is 0 Å². The van der Waals surface area contributed by atoms with E-state index in [0.29, 0.717) is 11.6 Å². The van der Waals surface area contributed by atoms with E-state index < -0.39 is 4.92 Å². The summed E-state index contributed by atoms with van der Waals surface area (Å²) in [6, 6.07) is 11.2. The Morgan fingerprint density at radius 3 is 2.48 bits per heavy atom. The topological polar surface area (TPSA) is 88.4 Å². The SMILES string of the molecule is O=Cc1ccc(CNC2CCN(c3ccc([N+](=O)[O-])cn3)CC2)cc1. The third-order valence-corrected chi connectivity index (χ3v) is 4.47. The largest absolute Gasteiger partial charge is 0.356 e. The van der Waals surface area contributed by atoms with Crippen molar-refractivity contribution in [3.8, 4) is 0 Å². The number of nitro groups is 1. The zero-order chi connectivity index (χ0) is 17.6. The fourth-order valence-corrected chi connectivity index (χ4v) is 2.96. The third-order valence-electron chi connectivity index (χ3n) is 4.47. The number of aldehydes is 1. The maximum atomic E-state index is 10.7. The van der Waals surface area contributed by atoms with Crippen LogP contribution in [0.5, 0.6) is 0 Å². The number of pyridine rings is 1. The first-order valence-corrected chi connectivity index (χ1v) is 8.28. The molecule has 1 aliphatic rings. The van der Waals surface area contributed by atoms with Crippen LogP contribution in [0.4, 0.5) is 11.5 Å². The average molecular weight is 340 g/mol. The first kappa shape index (κ1) is 17.0. The molecule has 1 fully saturated rings. The maximum absolute atomic E-state index is 10.7. The van der Waals surface area contributed by atoms with Gasteiger partial charge in [-0.2, -0.15) is 0 Å². The molecule has 130 valence electrons. The Hall–Kier alpha value is -2.80. The van der Waals surface area contributed by atoms with E-state index in [1.165, 1.54) is 12.3 Å². The molecule has 1 aromatic heterocycles. The fraction of sp³-hybridized carbons (Fsp3) is 0.333. The van der Waals surface area contributed by atoms with Gasteiger partial charge in [0, 0.05) is 37.3 Å². The number of aromatic nitrogens is 1. The molecule has 1 saturated heterocycles. The summed E-state index contributed by atoms with van der Waals surface area (Å²) in [5.41, 5.74) is 1.86. The zero-order valence-corrected chi connectivity index (χ0v) is 13.8. The maximum Gasteiger partial charge on any atom is 0.287 e. The van der Waals surface area contributed by atoms with E-state index in [4.69, 9.17) is 0 Å². The van der Waals surface area contributed by atoms with Gasteiger partial charge in [0.25, 0.3) is 5.69 Å². The van der Waals surface area contributed by atoms with Gasteiger partial charge in [-0.3, -0.25) is 14.9 Å². The van der Waals surface area contributed by atoms with Gasteiger partial charge in [-0.15, -0.1) is 0 Å². The van der Waals surface area contributed by atoms with Crippen molar-refractivity contribution in [1.82, 2.24) is 10.3 Å². The monoisotopic (exact) mass is 340 g/mol. The molecule has 0 spiro atoms. The highest BCUT2D eigenvalue weighted by atomic mass is 16.6. The molecule has 0 radical (unpaired) electrons. The lowest BCUT2D eigenvalue weighted by Gasteiger charge is -2.33. The molecule has 1 aliphatic heterocycles. The standard InChI is InChI=1S/C18H20N4O3/c23-13-15-3-1-14(2-4-15)11-19-16-7-9-21(10-8-16)18-6-5-17(12-20-18)22(24)25/h1-6,12-13,16,19H,7-11H2. The van der Waals surface area contributed by atoms with E-state index in [1.54, 1.807) is 6.07 Å². The minimum Gasteiger partial charge on any atom is -0.356 e. The molecule has 1 N–H and O–H groups in total. The Balaban J connectivity index is 1.47. The number of nitrogens with one attached hydrogen (secondary N) is 1. The highest BCUT2D eigenvalue weighted by molar-refractivity contribution is 5.74. The summed E-state index contributed by atoms with van der Waals surface area (Å²) in [5.74, 6) is 0.786. The quantitative estimate of drug-likeness (QED) is 0.494. The molecule has 0 saturated carbocycles. The van der Waals surface area contributed by atoms with Gasteiger partial charge in [-0.25, -0.2) is 4.98 Å². The summed E-state index contributed by atoms with van der Waals surface area (Å²) in [5, 5.41) is 14.2. The summed E-state index contributed by atoms with van der Waals surface area (Å²) >= 11 is 0. The molecule has 0 unspecified atom stereocenters. The summed E-state index contributed by atoms with van der Waals surface area (Å²) in [6.45, 7) is 2.51. The lowest BCUT2D eigenvalue weighted by Crippen LogP contribution is -2.42. The van der Waals surface area contributed by atoms with Crippen LogP contribution in [0.2, 0.25) is 0 Å². The number of nitrogens with zero attached hydrogens (tertiary/aromatic N) is 3. The Morgan fingerprint density at radius 2 is 1.92 bits per heavy atom. The predicted octanol–water partition coefficient (Wildman–Crippen LogP) is 2.56. The molecule has 7 nitrogen and oxygen atoms in total. The minimum absolute atomic E-state index is 0.0147. The van der Waals surface area contributed by atoms with Crippen LogP contribution in [-0.2, 0) is 6.54 Å². The van der Waals surface area contributed by atoms with Crippen LogP contribution in [0.25, 0.3) is 0 Å². The molecule has 3 rings (SSSR count). The Labute approximate surface area is 145 Å². The molecule has 2 heterocycles. The van der Waals surface area contributed by atoms with Crippen LogP contribution >= 0.6 is 0 Å². The highest BCUT2D eigenvalue weighted by Gasteiger charge is 2.20. The van der Waals surface area contributed by atoms with Crippen molar-refractivity contribution in [2.75, 3.05) is 18.0 Å². The molecule has 0 amide bonds. The van der Waals surface area contributed by atoms with Crippen molar-refractivity contribution in [3.05, 3.63) is 63.8 Å². The number of carbonyl (C=O) groups excluding carboxylic acids is 1. The number of benzene rings is 1. The third kappa shape index (κ3) is 4.39. The van der Waals surface area contributed by atoms with Crippen molar-refractivity contribution < 1.29 is 9.72 Å². The van der Waals surface area contributed by atoms with Crippen molar-refractivity contribution in [1.29, 1.82) is 0 Å². The van der Waals surface area contributed by atoms with E-state index in [9.17, 15) is 14.9 Å². The van der Waals surface area contributed by atoms with Crippen LogP contribution in [0.15, 0.2) is 42.6 Å². The Morgan fingerprint density at radius 1 is 1.20 bits per heavy atom. The smallest absolute Gasteiger partial charge is 0.287 e. The number of rotatable bonds is 6. The molecule has 25 heavy (non-hydrogen) atoms. The minimum atomic E-state index is -0.436. The first-order valence-electron chi connectivity index (χ1n) is 8.28. The van der Waals surface area contributed by atoms with E-state index in [2.05, 4.69) is 15.2 Å². The second-order valence-corrected chi connectivity index (χ2v) is 6.13. The van der Waals surface area contributed by atoms with Gasteiger partial charge in [0.1, 0.15) is 18.3 Å². The molecule has 0 aliphatic carbocycles. The van der Waals surface area contributed by atoms with Gasteiger partial charge in [0.05, 0.1) is 4.92 Å². The van der Waals surface area contributed by atoms with E-state index in [-0.39, 0.29) is 5.69 Å². The van der Waals surface area contributed by atoms with Crippen molar-refractivity contribution >= 4 is 17.8 Å². The highest BCUT2D eigenvalue weighted by Crippen LogP contribution is 2.20. The van der Waals surface area contributed by atoms with Crippen LogP contribution in [0.1, 0.15) is 28.8 Å². The average Bonchev–Trinajstić information content (AvgIpc) is 2.67. The van der Waals surface area contributed by atoms with E-state index in [1.807, 2.05) is 24.3 Å². The van der Waals surface area contributed by atoms with Gasteiger partial charge in [0.15, 0.2) is 0 Å². The first-order chi connectivity index (χ1) is 12.2. The Bertz CT molecular complexity index is 723. The van der Waals surface area contributed by atoms with Gasteiger partial charge in [-0.05, 0) is 24.5 Å². The lowest BCUT2D eigenvalue weighted by atomic mass is 10.0. The lowest BCUT2D eigenvalue weighted by molar-refractivity contribution is -0.385. The van der Waals surface area contributed by atoms with Gasteiger partial charge in [-0.1, -0.05) is 24.3 Å². The van der Waals surface area contributed by atoms with Crippen LogP contribution in [-0.4, -0.2) is 35.3 Å². The number of hydrogen-bond donors (Lipinski definition) is 1. The van der Waals surface area contributed by atoms with Crippen LogP contribution < -0.4 is 10.2 Å². The number of piperidine rings is 1. The summed E-state index contributed by atoms with van der Waals surface area (Å²) in [6.07, 6.45) is 4.14. The second kappa shape index (κ2) is 7.85. The van der Waals surface area contributed by atoms with E-state index in [0.717, 1.165) is 50.1 Å². The summed E-state index contributed by atoms with van der Waals surface area (Å²) < 4.78 is 0. The number of hydrogen-bond acceptors (Lipinski definition) is 6. The number of anilines is 1. The van der Waals surface area contributed by atoms with Gasteiger partial charge >= 0.3 is 0 Å².